The quantitative estimate of drug-likeness (QED) is 0.671. The van der Waals surface area contributed by atoms with Gasteiger partial charge in [0.25, 0.3) is 0 Å². The van der Waals surface area contributed by atoms with Crippen molar-refractivity contribution in [1.82, 2.24) is 0 Å². The summed E-state index contributed by atoms with van der Waals surface area (Å²) in [5.74, 6) is 0.708. The minimum absolute atomic E-state index is 0.122. The normalized spacial score (nSPS) is 28.6. The second-order valence-electron chi connectivity index (χ2n) is 3.38. The van der Waals surface area contributed by atoms with Crippen LogP contribution in [0.15, 0.2) is 0 Å². The fourth-order valence-corrected chi connectivity index (χ4v) is 2.77. The van der Waals surface area contributed by atoms with Gasteiger partial charge in [0, 0.05) is 8.86 Å². The fourth-order valence-electron chi connectivity index (χ4n) is 1.70. The van der Waals surface area contributed by atoms with Gasteiger partial charge in [-0.25, -0.2) is 0 Å². The Hall–Kier alpha value is 0.700. The highest BCUT2D eigenvalue weighted by Gasteiger charge is 2.26. The lowest BCUT2D eigenvalue weighted by Gasteiger charge is -2.32. The molecule has 0 aromatic rings. The lowest BCUT2D eigenvalue weighted by atomic mass is 9.86. The lowest BCUT2D eigenvalue weighted by Crippen LogP contribution is -2.25. The van der Waals surface area contributed by atoms with Crippen molar-refractivity contribution >= 4 is 24.4 Å². The summed E-state index contributed by atoms with van der Waals surface area (Å²) in [6, 6.07) is 0. The molecule has 0 nitrogen and oxygen atoms in total. The van der Waals surface area contributed by atoms with Crippen molar-refractivity contribution in [2.24, 2.45) is 0 Å². The van der Waals surface area contributed by atoms with Gasteiger partial charge in [0.05, 0.1) is 0 Å². The highest BCUT2D eigenvalue weighted by molar-refractivity contribution is 7.98. The van der Waals surface area contributed by atoms with Crippen molar-refractivity contribution < 1.29 is 4.11 Å². The molecule has 0 bridgehead atoms. The summed E-state index contributed by atoms with van der Waals surface area (Å²) in [6.07, 6.45) is 5.21. The van der Waals surface area contributed by atoms with Gasteiger partial charge in [0.15, 0.2) is 0 Å². The van der Waals surface area contributed by atoms with Gasteiger partial charge in [-0.2, -0.15) is 24.4 Å². The molecule has 1 fully saturated rings. The molecule has 1 aliphatic rings. The summed E-state index contributed by atoms with van der Waals surface area (Å²) in [5.41, 5.74) is 0. The zero-order valence-electron chi connectivity index (χ0n) is 9.81. The first-order valence-electron chi connectivity index (χ1n) is 5.78. The first kappa shape index (κ1) is 6.20. The number of thiol groups is 1. The second-order valence-corrected chi connectivity index (χ2v) is 5.03. The summed E-state index contributed by atoms with van der Waals surface area (Å²) in [5, 5.41) is 0. The van der Waals surface area contributed by atoms with Crippen molar-refractivity contribution in [3.8, 4) is 0 Å². The molecule has 1 aliphatic carbocycles. The van der Waals surface area contributed by atoms with E-state index in [1.54, 1.807) is 0 Å². The van der Waals surface area contributed by atoms with Crippen LogP contribution in [0.3, 0.4) is 0 Å². The molecule has 0 atom stereocenters. The van der Waals surface area contributed by atoms with E-state index in [9.17, 15) is 0 Å². The van der Waals surface area contributed by atoms with E-state index >= 15 is 0 Å². The largest absolute Gasteiger partial charge is 0.172 e. The van der Waals surface area contributed by atoms with Crippen molar-refractivity contribution in [3.63, 3.8) is 0 Å². The van der Waals surface area contributed by atoms with Crippen LogP contribution in [0.5, 0.6) is 0 Å². The Kier molecular flexibility index (Phi) is 2.63. The zero-order chi connectivity index (χ0) is 10.7. The Balaban J connectivity index is 2.22. The Bertz CT molecular complexity index is 173. The Morgan fingerprint density at radius 2 is 2.18 bits per heavy atom. The molecule has 0 amide bonds. The van der Waals surface area contributed by atoms with Gasteiger partial charge in [0.2, 0.25) is 0 Å². The van der Waals surface area contributed by atoms with Gasteiger partial charge in [0.1, 0.15) is 0 Å². The van der Waals surface area contributed by atoms with E-state index in [0.717, 1.165) is 31.0 Å². The van der Waals surface area contributed by atoms with Crippen LogP contribution in [0.2, 0.25) is 0 Å². The van der Waals surface area contributed by atoms with Crippen LogP contribution in [-0.2, 0) is 0 Å². The van der Waals surface area contributed by atoms with E-state index < -0.39 is 6.18 Å². The van der Waals surface area contributed by atoms with Crippen LogP contribution >= 0.6 is 24.4 Å². The highest BCUT2D eigenvalue weighted by Crippen LogP contribution is 2.36. The molecule has 1 rings (SSSR count). The molecule has 0 radical (unpaired) electrons. The van der Waals surface area contributed by atoms with Crippen molar-refractivity contribution in [2.45, 2.75) is 43.3 Å². The molecule has 66 valence electrons. The van der Waals surface area contributed by atoms with Crippen molar-refractivity contribution in [1.29, 1.82) is 0 Å². The standard InChI is InChI=1S/C9H18S2/c1-11-8-7-9(10)5-3-2-4-6-9/h10H,2-8H2,1H3/i1D3. The monoisotopic (exact) mass is 193 g/mol. The molecule has 0 N–H and O–H groups in total. The minimum atomic E-state index is -1.83. The van der Waals surface area contributed by atoms with Gasteiger partial charge < -0.3 is 0 Å². The molecule has 11 heavy (non-hydrogen) atoms. The minimum Gasteiger partial charge on any atom is -0.172 e. The predicted octanol–water partition coefficient (Wildman–Crippen LogP) is 3.37. The molecular weight excluding hydrogens is 172 g/mol. The second kappa shape index (κ2) is 4.66. The first-order chi connectivity index (χ1) is 6.41. The molecule has 0 aliphatic heterocycles. The molecule has 0 spiro atoms. The Morgan fingerprint density at radius 1 is 1.45 bits per heavy atom. The maximum absolute atomic E-state index is 7.08. The summed E-state index contributed by atoms with van der Waals surface area (Å²) < 4.78 is 21.4. The third-order valence-corrected chi connectivity index (χ3v) is 3.53. The maximum Gasteiger partial charge on any atom is 0.0344 e. The number of rotatable bonds is 3. The van der Waals surface area contributed by atoms with Crippen LogP contribution in [0, 0.1) is 0 Å². The summed E-state index contributed by atoms with van der Waals surface area (Å²) in [6.45, 7) is 0. The number of hydrogen-bond donors (Lipinski definition) is 1. The van der Waals surface area contributed by atoms with Crippen molar-refractivity contribution in [3.05, 3.63) is 0 Å². The Morgan fingerprint density at radius 3 is 2.82 bits per heavy atom. The topological polar surface area (TPSA) is 0 Å². The van der Waals surface area contributed by atoms with E-state index in [1.165, 1.54) is 19.3 Å². The third-order valence-electron chi connectivity index (χ3n) is 2.45. The molecule has 0 heterocycles. The molecule has 0 aromatic carbocycles. The molecule has 0 unspecified atom stereocenters. The van der Waals surface area contributed by atoms with E-state index in [0.29, 0.717) is 5.75 Å². The smallest absolute Gasteiger partial charge is 0.0344 e. The molecule has 0 aromatic heterocycles. The van der Waals surface area contributed by atoms with Gasteiger partial charge in [-0.15, -0.1) is 0 Å². The third kappa shape index (κ3) is 3.29. The first-order valence-corrected chi connectivity index (χ1v) is 5.71. The average Bonchev–Trinajstić information content (AvgIpc) is 2.02. The Labute approximate surface area is 84.1 Å². The highest BCUT2D eigenvalue weighted by atomic mass is 32.2. The van der Waals surface area contributed by atoms with Crippen LogP contribution in [0.1, 0.15) is 42.6 Å². The fraction of sp³-hybridized carbons (Fsp3) is 1.00. The number of thioether (sulfide) groups is 1. The molecule has 1 saturated carbocycles. The van der Waals surface area contributed by atoms with Gasteiger partial charge in [-0.1, -0.05) is 19.3 Å². The number of hydrogen-bond acceptors (Lipinski definition) is 2. The molecule has 0 saturated heterocycles. The summed E-state index contributed by atoms with van der Waals surface area (Å²) in [7, 11) is 0. The van der Waals surface area contributed by atoms with E-state index in [2.05, 4.69) is 12.6 Å². The van der Waals surface area contributed by atoms with Crippen molar-refractivity contribution in [2.75, 3.05) is 11.9 Å². The maximum atomic E-state index is 7.08. The molecular formula is C9H18S2. The predicted molar refractivity (Wildman–Crippen MR) is 57.8 cm³/mol. The van der Waals surface area contributed by atoms with Crippen LogP contribution < -0.4 is 0 Å². The van der Waals surface area contributed by atoms with E-state index in [1.807, 2.05) is 0 Å². The summed E-state index contributed by atoms with van der Waals surface area (Å²) >= 11 is 5.76. The van der Waals surface area contributed by atoms with Crippen LogP contribution in [-0.4, -0.2) is 16.7 Å². The van der Waals surface area contributed by atoms with Gasteiger partial charge in [-0.3, -0.25) is 0 Å². The summed E-state index contributed by atoms with van der Waals surface area (Å²) in [4.78, 5) is 0. The van der Waals surface area contributed by atoms with E-state index in [-0.39, 0.29) is 4.75 Å². The average molecular weight is 193 g/mol. The zero-order valence-corrected chi connectivity index (χ0v) is 8.52. The van der Waals surface area contributed by atoms with Gasteiger partial charge >= 0.3 is 0 Å². The lowest BCUT2D eigenvalue weighted by molar-refractivity contribution is 0.393. The molecule has 2 heteroatoms. The van der Waals surface area contributed by atoms with E-state index in [4.69, 9.17) is 4.11 Å². The van der Waals surface area contributed by atoms with Crippen LogP contribution in [0.4, 0.5) is 0 Å². The van der Waals surface area contributed by atoms with Gasteiger partial charge in [-0.05, 0) is 31.2 Å². The van der Waals surface area contributed by atoms with Crippen LogP contribution in [0.25, 0.3) is 0 Å². The SMILES string of the molecule is [2H]C([2H])([2H])SCCC1(S)CCCCC1.